The zero-order valence-corrected chi connectivity index (χ0v) is 15.0. The predicted molar refractivity (Wildman–Crippen MR) is 104 cm³/mol. The SMILES string of the molecule is COc1ccc(-c2nc3ccccc3[nH]2)cc1OCc1ccccc1Cl. The predicted octanol–water partition coefficient (Wildman–Crippen LogP) is 5.47. The Morgan fingerprint density at radius 2 is 1.77 bits per heavy atom. The van der Waals surface area contributed by atoms with Gasteiger partial charge in [-0.25, -0.2) is 4.98 Å². The number of ether oxygens (including phenoxy) is 2. The molecule has 0 spiro atoms. The summed E-state index contributed by atoms with van der Waals surface area (Å²) in [6.45, 7) is 0.361. The standard InChI is InChI=1S/C21H17ClN2O2/c1-25-19-11-10-14(21-23-17-8-4-5-9-18(17)24-21)12-20(19)26-13-15-6-2-3-7-16(15)22/h2-12H,13H2,1H3,(H,23,24). The fraction of sp³-hybridized carbons (Fsp3) is 0.0952. The van der Waals surface area contributed by atoms with Crippen LogP contribution in [0, 0.1) is 0 Å². The van der Waals surface area contributed by atoms with Crippen molar-refractivity contribution in [3.8, 4) is 22.9 Å². The molecule has 0 amide bonds. The van der Waals surface area contributed by atoms with Crippen LogP contribution in [-0.4, -0.2) is 17.1 Å². The van der Waals surface area contributed by atoms with E-state index in [-0.39, 0.29) is 0 Å². The van der Waals surface area contributed by atoms with Gasteiger partial charge in [-0.2, -0.15) is 0 Å². The number of methoxy groups -OCH3 is 1. The number of halogens is 1. The quantitative estimate of drug-likeness (QED) is 0.510. The molecule has 0 bridgehead atoms. The molecule has 0 atom stereocenters. The number of fused-ring (bicyclic) bond motifs is 1. The number of imidazole rings is 1. The molecule has 0 unspecified atom stereocenters. The van der Waals surface area contributed by atoms with E-state index in [1.165, 1.54) is 0 Å². The second kappa shape index (κ2) is 7.10. The lowest BCUT2D eigenvalue weighted by atomic mass is 10.2. The number of nitrogens with zero attached hydrogens (tertiary/aromatic N) is 1. The molecule has 4 rings (SSSR count). The van der Waals surface area contributed by atoms with Crippen LogP contribution in [0.5, 0.6) is 11.5 Å². The van der Waals surface area contributed by atoms with Gasteiger partial charge in [0, 0.05) is 16.1 Å². The maximum absolute atomic E-state index is 6.21. The average Bonchev–Trinajstić information content (AvgIpc) is 3.11. The molecule has 0 saturated heterocycles. The van der Waals surface area contributed by atoms with Gasteiger partial charge < -0.3 is 14.5 Å². The number of aromatic nitrogens is 2. The molecular weight excluding hydrogens is 348 g/mol. The van der Waals surface area contributed by atoms with Crippen molar-refractivity contribution in [2.24, 2.45) is 0 Å². The number of H-pyrrole nitrogens is 1. The van der Waals surface area contributed by atoms with Crippen LogP contribution < -0.4 is 9.47 Å². The van der Waals surface area contributed by atoms with Crippen LogP contribution in [0.15, 0.2) is 66.7 Å². The first-order valence-corrected chi connectivity index (χ1v) is 8.62. The number of hydrogen-bond acceptors (Lipinski definition) is 3. The Morgan fingerprint density at radius 1 is 0.962 bits per heavy atom. The molecule has 1 heterocycles. The first kappa shape index (κ1) is 16.5. The van der Waals surface area contributed by atoms with Crippen LogP contribution in [-0.2, 0) is 6.61 Å². The number of rotatable bonds is 5. The molecule has 4 nitrogen and oxygen atoms in total. The normalized spacial score (nSPS) is 10.8. The van der Waals surface area contributed by atoms with Gasteiger partial charge in [0.15, 0.2) is 11.5 Å². The van der Waals surface area contributed by atoms with E-state index in [0.717, 1.165) is 28.0 Å². The topological polar surface area (TPSA) is 47.1 Å². The minimum absolute atomic E-state index is 0.361. The number of benzene rings is 3. The van der Waals surface area contributed by atoms with Crippen molar-refractivity contribution < 1.29 is 9.47 Å². The van der Waals surface area contributed by atoms with Gasteiger partial charge in [-0.05, 0) is 36.4 Å². The summed E-state index contributed by atoms with van der Waals surface area (Å²) in [5, 5.41) is 0.680. The summed E-state index contributed by atoms with van der Waals surface area (Å²) in [5.74, 6) is 2.10. The van der Waals surface area contributed by atoms with Crippen molar-refractivity contribution in [2.45, 2.75) is 6.61 Å². The number of para-hydroxylation sites is 2. The number of hydrogen-bond donors (Lipinski definition) is 1. The highest BCUT2D eigenvalue weighted by Crippen LogP contribution is 2.33. The van der Waals surface area contributed by atoms with E-state index in [2.05, 4.69) is 9.97 Å². The second-order valence-corrected chi connectivity index (χ2v) is 6.26. The monoisotopic (exact) mass is 364 g/mol. The van der Waals surface area contributed by atoms with Gasteiger partial charge in [-0.15, -0.1) is 0 Å². The summed E-state index contributed by atoms with van der Waals surface area (Å²) < 4.78 is 11.4. The van der Waals surface area contributed by atoms with E-state index in [0.29, 0.717) is 23.1 Å². The largest absolute Gasteiger partial charge is 0.493 e. The molecular formula is C21H17ClN2O2. The second-order valence-electron chi connectivity index (χ2n) is 5.85. The van der Waals surface area contributed by atoms with E-state index >= 15 is 0 Å². The van der Waals surface area contributed by atoms with Crippen molar-refractivity contribution in [3.63, 3.8) is 0 Å². The Labute approximate surface area is 156 Å². The molecule has 1 aromatic heterocycles. The highest BCUT2D eigenvalue weighted by atomic mass is 35.5. The van der Waals surface area contributed by atoms with Crippen molar-refractivity contribution in [3.05, 3.63) is 77.3 Å². The Kier molecular flexibility index (Phi) is 4.50. The molecule has 0 aliphatic carbocycles. The summed E-state index contributed by atoms with van der Waals surface area (Å²) >= 11 is 6.21. The van der Waals surface area contributed by atoms with Crippen LogP contribution >= 0.6 is 11.6 Å². The van der Waals surface area contributed by atoms with Gasteiger partial charge in [0.2, 0.25) is 0 Å². The lowest BCUT2D eigenvalue weighted by Gasteiger charge is -2.12. The molecule has 0 radical (unpaired) electrons. The molecule has 0 aliphatic rings. The Balaban J connectivity index is 1.65. The van der Waals surface area contributed by atoms with Crippen LogP contribution in [0.4, 0.5) is 0 Å². The van der Waals surface area contributed by atoms with Crippen LogP contribution in [0.1, 0.15) is 5.56 Å². The van der Waals surface area contributed by atoms with E-state index < -0.39 is 0 Å². The Morgan fingerprint density at radius 3 is 2.58 bits per heavy atom. The van der Waals surface area contributed by atoms with Crippen molar-refractivity contribution in [2.75, 3.05) is 7.11 Å². The third-order valence-electron chi connectivity index (χ3n) is 4.17. The highest BCUT2D eigenvalue weighted by molar-refractivity contribution is 6.31. The summed E-state index contributed by atoms with van der Waals surface area (Å²) in [5.41, 5.74) is 3.77. The molecule has 0 aliphatic heterocycles. The van der Waals surface area contributed by atoms with Crippen LogP contribution in [0.2, 0.25) is 5.02 Å². The average molecular weight is 365 g/mol. The molecule has 3 aromatic carbocycles. The zero-order chi connectivity index (χ0) is 17.9. The maximum atomic E-state index is 6.21. The third-order valence-corrected chi connectivity index (χ3v) is 4.54. The summed E-state index contributed by atoms with van der Waals surface area (Å²) in [6.07, 6.45) is 0. The molecule has 26 heavy (non-hydrogen) atoms. The smallest absolute Gasteiger partial charge is 0.162 e. The van der Waals surface area contributed by atoms with Crippen molar-refractivity contribution in [1.29, 1.82) is 0 Å². The van der Waals surface area contributed by atoms with E-state index in [4.69, 9.17) is 21.1 Å². The Hall–Kier alpha value is -2.98. The van der Waals surface area contributed by atoms with Gasteiger partial charge in [0.25, 0.3) is 0 Å². The number of aromatic amines is 1. The van der Waals surface area contributed by atoms with Crippen molar-refractivity contribution in [1.82, 2.24) is 9.97 Å². The van der Waals surface area contributed by atoms with Gasteiger partial charge in [-0.3, -0.25) is 0 Å². The summed E-state index contributed by atoms with van der Waals surface area (Å²) in [4.78, 5) is 7.97. The fourth-order valence-electron chi connectivity index (χ4n) is 2.80. The van der Waals surface area contributed by atoms with E-state index in [9.17, 15) is 0 Å². The maximum Gasteiger partial charge on any atom is 0.162 e. The Bertz CT molecular complexity index is 1030. The van der Waals surface area contributed by atoms with Gasteiger partial charge >= 0.3 is 0 Å². The third kappa shape index (κ3) is 3.24. The lowest BCUT2D eigenvalue weighted by Crippen LogP contribution is -1.99. The molecule has 0 fully saturated rings. The molecule has 1 N–H and O–H groups in total. The van der Waals surface area contributed by atoms with Crippen LogP contribution in [0.3, 0.4) is 0 Å². The summed E-state index contributed by atoms with van der Waals surface area (Å²) in [7, 11) is 1.62. The van der Waals surface area contributed by atoms with Crippen LogP contribution in [0.25, 0.3) is 22.4 Å². The van der Waals surface area contributed by atoms with E-state index in [1.807, 2.05) is 66.7 Å². The lowest BCUT2D eigenvalue weighted by molar-refractivity contribution is 0.284. The van der Waals surface area contributed by atoms with Gasteiger partial charge in [0.05, 0.1) is 18.1 Å². The fourth-order valence-corrected chi connectivity index (χ4v) is 2.99. The first-order chi connectivity index (χ1) is 12.7. The van der Waals surface area contributed by atoms with Crippen molar-refractivity contribution >= 4 is 22.6 Å². The molecule has 5 heteroatoms. The van der Waals surface area contributed by atoms with Gasteiger partial charge in [0.1, 0.15) is 12.4 Å². The minimum atomic E-state index is 0.361. The number of nitrogens with one attached hydrogen (secondary N) is 1. The summed E-state index contributed by atoms with van der Waals surface area (Å²) in [6, 6.07) is 21.3. The molecule has 130 valence electrons. The molecule has 4 aromatic rings. The zero-order valence-electron chi connectivity index (χ0n) is 14.2. The minimum Gasteiger partial charge on any atom is -0.493 e. The molecule has 0 saturated carbocycles. The van der Waals surface area contributed by atoms with E-state index in [1.54, 1.807) is 7.11 Å². The first-order valence-electron chi connectivity index (χ1n) is 8.24. The highest BCUT2D eigenvalue weighted by Gasteiger charge is 2.11. The van der Waals surface area contributed by atoms with Gasteiger partial charge in [-0.1, -0.05) is 41.9 Å².